The van der Waals surface area contributed by atoms with Gasteiger partial charge in [-0.2, -0.15) is 0 Å². The van der Waals surface area contributed by atoms with E-state index in [4.69, 9.17) is 9.47 Å². The van der Waals surface area contributed by atoms with E-state index in [9.17, 15) is 4.79 Å². The van der Waals surface area contributed by atoms with Crippen LogP contribution in [0.3, 0.4) is 0 Å². The lowest BCUT2D eigenvalue weighted by atomic mass is 10.2. The van der Waals surface area contributed by atoms with Crippen LogP contribution in [-0.2, 0) is 14.3 Å². The van der Waals surface area contributed by atoms with Gasteiger partial charge < -0.3 is 9.47 Å². The Kier molecular flexibility index (Phi) is 5.29. The molecule has 0 amide bonds. The van der Waals surface area contributed by atoms with Gasteiger partial charge in [-0.25, -0.2) is 4.79 Å². The van der Waals surface area contributed by atoms with Crippen LogP contribution < -0.4 is 0 Å². The minimum Gasteiger partial charge on any atom is -0.433 e. The van der Waals surface area contributed by atoms with E-state index in [1.165, 1.54) is 6.08 Å². The first-order valence-corrected chi connectivity index (χ1v) is 5.27. The summed E-state index contributed by atoms with van der Waals surface area (Å²) in [4.78, 5) is 11.3. The maximum atomic E-state index is 11.3. The summed E-state index contributed by atoms with van der Waals surface area (Å²) < 4.78 is 10.1. The van der Waals surface area contributed by atoms with Gasteiger partial charge in [0.25, 0.3) is 0 Å². The average Bonchev–Trinajstić information content (AvgIpc) is 2.28. The van der Waals surface area contributed by atoms with Crippen LogP contribution in [-0.4, -0.2) is 18.9 Å². The Morgan fingerprint density at radius 3 is 2.69 bits per heavy atom. The Balaban J connectivity index is 2.42. The monoisotopic (exact) mass is 220 g/mol. The van der Waals surface area contributed by atoms with Crippen molar-refractivity contribution in [3.63, 3.8) is 0 Å². The largest absolute Gasteiger partial charge is 0.433 e. The van der Waals surface area contributed by atoms with Crippen molar-refractivity contribution in [2.75, 3.05) is 6.61 Å². The summed E-state index contributed by atoms with van der Waals surface area (Å²) in [5.41, 5.74) is 0.962. The van der Waals surface area contributed by atoms with Gasteiger partial charge in [-0.05, 0) is 25.5 Å². The minimum atomic E-state index is -0.502. The smallest absolute Gasteiger partial charge is 0.333 e. The molecule has 0 radical (unpaired) electrons. The van der Waals surface area contributed by atoms with Crippen molar-refractivity contribution in [3.8, 4) is 0 Å². The lowest BCUT2D eigenvalue weighted by Gasteiger charge is -2.10. The molecule has 0 aromatic heterocycles. The molecule has 1 unspecified atom stereocenters. The summed E-state index contributed by atoms with van der Waals surface area (Å²) in [7, 11) is 0. The molecule has 0 bridgehead atoms. The Labute approximate surface area is 95.7 Å². The predicted octanol–water partition coefficient (Wildman–Crippen LogP) is 2.63. The number of hydrogen-bond acceptors (Lipinski definition) is 3. The lowest BCUT2D eigenvalue weighted by molar-refractivity contribution is -0.167. The molecular weight excluding hydrogens is 204 g/mol. The normalized spacial score (nSPS) is 12.6. The number of carbonyl (C=O) groups excluding carboxylic acids is 1. The van der Waals surface area contributed by atoms with Gasteiger partial charge in [-0.3, -0.25) is 0 Å². The fraction of sp³-hybridized carbons (Fsp3) is 0.308. The summed E-state index contributed by atoms with van der Waals surface area (Å²) in [5.74, 6) is -0.398. The zero-order valence-electron chi connectivity index (χ0n) is 9.55. The van der Waals surface area contributed by atoms with Gasteiger partial charge in [0.15, 0.2) is 6.29 Å². The SMILES string of the molecule is CCOC(C)OC(=O)C=Cc1ccccc1. The van der Waals surface area contributed by atoms with Gasteiger partial charge in [0.05, 0.1) is 0 Å². The van der Waals surface area contributed by atoms with E-state index in [0.29, 0.717) is 6.61 Å². The summed E-state index contributed by atoms with van der Waals surface area (Å²) in [6.45, 7) is 4.07. The van der Waals surface area contributed by atoms with E-state index >= 15 is 0 Å². The standard InChI is InChI=1S/C13H16O3/c1-3-15-11(2)16-13(14)10-9-12-7-5-4-6-8-12/h4-11H,3H2,1-2H3. The van der Waals surface area contributed by atoms with E-state index in [0.717, 1.165) is 5.56 Å². The third-order valence-corrected chi connectivity index (χ3v) is 1.89. The van der Waals surface area contributed by atoms with Crippen LogP contribution >= 0.6 is 0 Å². The van der Waals surface area contributed by atoms with Gasteiger partial charge in [0.1, 0.15) is 0 Å². The van der Waals surface area contributed by atoms with Crippen molar-refractivity contribution in [1.82, 2.24) is 0 Å². The second-order valence-corrected chi connectivity index (χ2v) is 3.20. The van der Waals surface area contributed by atoms with Crippen molar-refractivity contribution < 1.29 is 14.3 Å². The fourth-order valence-electron chi connectivity index (χ4n) is 1.20. The number of esters is 1. The van der Waals surface area contributed by atoms with Gasteiger partial charge in [0.2, 0.25) is 0 Å². The van der Waals surface area contributed by atoms with Gasteiger partial charge in [-0.1, -0.05) is 30.3 Å². The molecule has 0 saturated carbocycles. The quantitative estimate of drug-likeness (QED) is 0.434. The van der Waals surface area contributed by atoms with Gasteiger partial charge in [-0.15, -0.1) is 0 Å². The maximum absolute atomic E-state index is 11.3. The van der Waals surface area contributed by atoms with E-state index < -0.39 is 12.3 Å². The highest BCUT2D eigenvalue weighted by molar-refractivity contribution is 5.87. The molecule has 0 heterocycles. The highest BCUT2D eigenvalue weighted by Gasteiger charge is 2.04. The highest BCUT2D eigenvalue weighted by atomic mass is 16.7. The predicted molar refractivity (Wildman–Crippen MR) is 62.7 cm³/mol. The molecule has 0 saturated heterocycles. The third kappa shape index (κ3) is 4.75. The molecule has 16 heavy (non-hydrogen) atoms. The molecule has 0 aliphatic rings. The van der Waals surface area contributed by atoms with Crippen LogP contribution in [0.2, 0.25) is 0 Å². The Bertz CT molecular complexity index is 343. The molecule has 1 aromatic rings. The molecule has 3 nitrogen and oxygen atoms in total. The summed E-state index contributed by atoms with van der Waals surface area (Å²) >= 11 is 0. The van der Waals surface area contributed by atoms with Gasteiger partial charge in [0, 0.05) is 12.7 Å². The topological polar surface area (TPSA) is 35.5 Å². The van der Waals surface area contributed by atoms with Crippen molar-refractivity contribution in [2.24, 2.45) is 0 Å². The number of ether oxygens (including phenoxy) is 2. The highest BCUT2D eigenvalue weighted by Crippen LogP contribution is 2.02. The molecule has 3 heteroatoms. The molecule has 1 atom stereocenters. The maximum Gasteiger partial charge on any atom is 0.333 e. The van der Waals surface area contributed by atoms with Crippen LogP contribution in [0.15, 0.2) is 36.4 Å². The fourth-order valence-corrected chi connectivity index (χ4v) is 1.20. The molecule has 86 valence electrons. The Hall–Kier alpha value is -1.61. The van der Waals surface area contributed by atoms with E-state index in [-0.39, 0.29) is 0 Å². The van der Waals surface area contributed by atoms with Crippen LogP contribution in [0.4, 0.5) is 0 Å². The van der Waals surface area contributed by atoms with Crippen molar-refractivity contribution in [2.45, 2.75) is 20.1 Å². The van der Waals surface area contributed by atoms with Crippen molar-refractivity contribution in [3.05, 3.63) is 42.0 Å². The Morgan fingerprint density at radius 2 is 2.06 bits per heavy atom. The Morgan fingerprint density at radius 1 is 1.38 bits per heavy atom. The van der Waals surface area contributed by atoms with E-state index in [2.05, 4.69) is 0 Å². The first kappa shape index (κ1) is 12.5. The van der Waals surface area contributed by atoms with Crippen LogP contribution in [0.5, 0.6) is 0 Å². The molecule has 0 aliphatic carbocycles. The van der Waals surface area contributed by atoms with Gasteiger partial charge >= 0.3 is 5.97 Å². The van der Waals surface area contributed by atoms with Crippen LogP contribution in [0.25, 0.3) is 6.08 Å². The number of benzene rings is 1. The second-order valence-electron chi connectivity index (χ2n) is 3.20. The van der Waals surface area contributed by atoms with Crippen molar-refractivity contribution in [1.29, 1.82) is 0 Å². The molecule has 1 rings (SSSR count). The summed E-state index contributed by atoms with van der Waals surface area (Å²) in [6, 6.07) is 9.57. The third-order valence-electron chi connectivity index (χ3n) is 1.89. The molecule has 0 spiro atoms. The number of hydrogen-bond donors (Lipinski definition) is 0. The number of carbonyl (C=O) groups is 1. The summed E-state index contributed by atoms with van der Waals surface area (Å²) in [6.07, 6.45) is 2.60. The molecule has 0 fully saturated rings. The first-order valence-electron chi connectivity index (χ1n) is 5.27. The molecule has 1 aromatic carbocycles. The van der Waals surface area contributed by atoms with Crippen molar-refractivity contribution >= 4 is 12.0 Å². The zero-order valence-corrected chi connectivity index (χ0v) is 9.55. The summed E-state index contributed by atoms with van der Waals surface area (Å²) in [5, 5.41) is 0. The van der Waals surface area contributed by atoms with E-state index in [1.54, 1.807) is 13.0 Å². The lowest BCUT2D eigenvalue weighted by Crippen LogP contribution is -2.16. The van der Waals surface area contributed by atoms with Crippen LogP contribution in [0.1, 0.15) is 19.4 Å². The molecular formula is C13H16O3. The molecule has 0 N–H and O–H groups in total. The van der Waals surface area contributed by atoms with E-state index in [1.807, 2.05) is 37.3 Å². The zero-order chi connectivity index (χ0) is 11.8. The minimum absolute atomic E-state index is 0.398. The number of rotatable bonds is 5. The van der Waals surface area contributed by atoms with Crippen LogP contribution in [0, 0.1) is 0 Å². The first-order chi connectivity index (χ1) is 7.72. The molecule has 0 aliphatic heterocycles. The second kappa shape index (κ2) is 6.80. The average molecular weight is 220 g/mol.